The lowest BCUT2D eigenvalue weighted by Crippen LogP contribution is -2.38. The molecule has 5 nitrogen and oxygen atoms in total. The molecule has 0 aromatic carbocycles. The number of carbonyl (C=O) groups is 1. The number of amides is 1. The van der Waals surface area contributed by atoms with Gasteiger partial charge in [-0.15, -0.1) is 0 Å². The monoisotopic (exact) mass is 239 g/mol. The average molecular weight is 239 g/mol. The smallest absolute Gasteiger partial charge is 0.221 e. The Hall–Kier alpha value is -1.46. The summed E-state index contributed by atoms with van der Waals surface area (Å²) < 4.78 is 0.969. The summed E-state index contributed by atoms with van der Waals surface area (Å²) in [6, 6.07) is 3.54. The zero-order valence-electron chi connectivity index (χ0n) is 10.9. The lowest BCUT2D eigenvalue weighted by atomic mass is 10.2. The molecular formula is C12H23N4O+. The minimum Gasteiger partial charge on any atom is -0.369 e. The van der Waals surface area contributed by atoms with Crippen LogP contribution in [0.2, 0.25) is 0 Å². The van der Waals surface area contributed by atoms with Gasteiger partial charge in [0.1, 0.15) is 0 Å². The number of likely N-dealkylation sites (N-methyl/N-ethyl adjacent to an activating group) is 1. The molecule has 1 heterocycles. The maximum atomic E-state index is 10.4. The second-order valence-electron chi connectivity index (χ2n) is 4.80. The molecule has 0 saturated carbocycles. The molecule has 0 radical (unpaired) electrons. The molecule has 17 heavy (non-hydrogen) atoms. The summed E-state index contributed by atoms with van der Waals surface area (Å²) in [5, 5.41) is 0. The second kappa shape index (κ2) is 7.76. The van der Waals surface area contributed by atoms with Crippen molar-refractivity contribution in [2.45, 2.75) is 6.42 Å². The molecular weight excluding hydrogens is 216 g/mol. The molecule has 0 unspecified atom stereocenters. The van der Waals surface area contributed by atoms with Crippen LogP contribution in [0.3, 0.4) is 0 Å². The quantitative estimate of drug-likeness (QED) is 0.711. The zero-order chi connectivity index (χ0) is 13.3. The van der Waals surface area contributed by atoms with Crippen molar-refractivity contribution in [3.63, 3.8) is 0 Å². The van der Waals surface area contributed by atoms with Crippen molar-refractivity contribution in [3.05, 3.63) is 30.1 Å². The first-order chi connectivity index (χ1) is 7.85. The number of nitrogens with two attached hydrogens (primary N) is 2. The molecule has 5 heteroatoms. The van der Waals surface area contributed by atoms with Crippen LogP contribution >= 0.6 is 0 Å². The molecule has 0 saturated heterocycles. The number of pyridine rings is 1. The van der Waals surface area contributed by atoms with Crippen LogP contribution in [0.25, 0.3) is 0 Å². The minimum atomic E-state index is -0.314. The molecule has 1 amide bonds. The highest BCUT2D eigenvalue weighted by atomic mass is 16.1. The van der Waals surface area contributed by atoms with Gasteiger partial charge in [-0.25, -0.2) is 0 Å². The summed E-state index contributed by atoms with van der Waals surface area (Å²) in [5.74, 6) is -0.314. The summed E-state index contributed by atoms with van der Waals surface area (Å²) in [5.41, 5.74) is 11.2. The van der Waals surface area contributed by atoms with Crippen LogP contribution in [-0.2, 0) is 11.2 Å². The number of primary amides is 1. The van der Waals surface area contributed by atoms with Gasteiger partial charge >= 0.3 is 0 Å². The second-order valence-corrected chi connectivity index (χ2v) is 4.80. The topological polar surface area (TPSA) is 82.0 Å². The molecule has 0 aliphatic heterocycles. The van der Waals surface area contributed by atoms with E-state index in [1.807, 2.05) is 0 Å². The van der Waals surface area contributed by atoms with Gasteiger partial charge in [-0.3, -0.25) is 9.78 Å². The van der Waals surface area contributed by atoms with Crippen molar-refractivity contribution >= 4 is 5.91 Å². The number of quaternary nitrogens is 1. The van der Waals surface area contributed by atoms with E-state index in [2.05, 4.69) is 26.1 Å². The third-order valence-electron chi connectivity index (χ3n) is 1.93. The molecule has 1 aromatic rings. The molecule has 0 spiro atoms. The number of nitrogens with zero attached hydrogens (tertiary/aromatic N) is 2. The number of hydrogen-bond acceptors (Lipinski definition) is 3. The van der Waals surface area contributed by atoms with Gasteiger partial charge in [0.15, 0.2) is 0 Å². The van der Waals surface area contributed by atoms with Gasteiger partial charge in [-0.1, -0.05) is 0 Å². The van der Waals surface area contributed by atoms with Crippen LogP contribution in [0.1, 0.15) is 5.56 Å². The van der Waals surface area contributed by atoms with E-state index >= 15 is 0 Å². The largest absolute Gasteiger partial charge is 0.369 e. The van der Waals surface area contributed by atoms with E-state index in [-0.39, 0.29) is 5.91 Å². The Bertz CT molecular complexity index is 319. The van der Waals surface area contributed by atoms with Gasteiger partial charge in [0.25, 0.3) is 0 Å². The van der Waals surface area contributed by atoms with Gasteiger partial charge in [0.2, 0.25) is 5.91 Å². The molecule has 0 fully saturated rings. The molecule has 0 bridgehead atoms. The van der Waals surface area contributed by atoms with Crippen LogP contribution in [0, 0.1) is 0 Å². The van der Waals surface area contributed by atoms with E-state index in [9.17, 15) is 4.79 Å². The molecule has 4 N–H and O–H groups in total. The lowest BCUT2D eigenvalue weighted by molar-refractivity contribution is -0.868. The summed E-state index contributed by atoms with van der Waals surface area (Å²) >= 11 is 0. The van der Waals surface area contributed by atoms with Gasteiger partial charge in [0.05, 0.1) is 34.1 Å². The van der Waals surface area contributed by atoms with Gasteiger partial charge in [-0.05, 0) is 17.7 Å². The number of rotatable bonds is 4. The molecule has 1 rings (SSSR count). The lowest BCUT2D eigenvalue weighted by Gasteiger charge is -2.22. The van der Waals surface area contributed by atoms with Crippen molar-refractivity contribution in [3.8, 4) is 0 Å². The minimum absolute atomic E-state index is 0.294. The van der Waals surface area contributed by atoms with E-state index in [4.69, 9.17) is 11.5 Å². The first-order valence-corrected chi connectivity index (χ1v) is 5.53. The Balaban J connectivity index is 0.000000325. The SMILES string of the molecule is C[N+](C)(C)CCN.NC(=O)Cc1ccncc1. The van der Waals surface area contributed by atoms with Crippen molar-refractivity contribution in [1.82, 2.24) is 4.98 Å². The Labute approximate surface area is 103 Å². The normalized spacial score (nSPS) is 10.4. The average Bonchev–Trinajstić information content (AvgIpc) is 2.17. The fourth-order valence-electron chi connectivity index (χ4n) is 1.09. The van der Waals surface area contributed by atoms with Crippen LogP contribution in [0.15, 0.2) is 24.5 Å². The van der Waals surface area contributed by atoms with Crippen LogP contribution in [-0.4, -0.2) is 49.6 Å². The third-order valence-corrected chi connectivity index (χ3v) is 1.93. The predicted octanol–water partition coefficient (Wildman–Crippen LogP) is -0.239. The Morgan fingerprint density at radius 2 is 1.82 bits per heavy atom. The predicted molar refractivity (Wildman–Crippen MR) is 69.1 cm³/mol. The van der Waals surface area contributed by atoms with Crippen molar-refractivity contribution in [2.24, 2.45) is 11.5 Å². The molecule has 1 aromatic heterocycles. The van der Waals surface area contributed by atoms with E-state index in [1.54, 1.807) is 24.5 Å². The maximum Gasteiger partial charge on any atom is 0.221 e. The maximum absolute atomic E-state index is 10.4. The number of hydrogen-bond donors (Lipinski definition) is 2. The van der Waals surface area contributed by atoms with Gasteiger partial charge in [-0.2, -0.15) is 0 Å². The number of aromatic nitrogens is 1. The third kappa shape index (κ3) is 10.8. The van der Waals surface area contributed by atoms with Crippen molar-refractivity contribution in [1.29, 1.82) is 0 Å². The van der Waals surface area contributed by atoms with E-state index in [0.717, 1.165) is 23.1 Å². The Morgan fingerprint density at radius 3 is 2.12 bits per heavy atom. The number of carbonyl (C=O) groups excluding carboxylic acids is 1. The highest BCUT2D eigenvalue weighted by molar-refractivity contribution is 5.76. The zero-order valence-corrected chi connectivity index (χ0v) is 10.9. The fraction of sp³-hybridized carbons (Fsp3) is 0.500. The first-order valence-electron chi connectivity index (χ1n) is 5.53. The first kappa shape index (κ1) is 15.5. The van der Waals surface area contributed by atoms with Crippen LogP contribution in [0.4, 0.5) is 0 Å². The molecule has 0 aliphatic carbocycles. The van der Waals surface area contributed by atoms with E-state index in [1.165, 1.54) is 0 Å². The standard InChI is InChI=1S/C7H8N2O.C5H15N2/c8-7(10)5-6-1-3-9-4-2-6;1-7(2,3)5-4-6/h1-4H,5H2,(H2,8,10);4-6H2,1-3H3/q;+1. The molecule has 0 aliphatic rings. The highest BCUT2D eigenvalue weighted by Crippen LogP contribution is 1.95. The fourth-order valence-corrected chi connectivity index (χ4v) is 1.09. The summed E-state index contributed by atoms with van der Waals surface area (Å²) in [4.78, 5) is 14.2. The van der Waals surface area contributed by atoms with E-state index in [0.29, 0.717) is 6.42 Å². The summed E-state index contributed by atoms with van der Waals surface area (Å²) in [6.45, 7) is 1.84. The Kier molecular flexibility index (Phi) is 7.09. The van der Waals surface area contributed by atoms with Gasteiger partial charge < -0.3 is 16.0 Å². The Morgan fingerprint density at radius 1 is 1.29 bits per heavy atom. The van der Waals surface area contributed by atoms with Crippen molar-refractivity contribution in [2.75, 3.05) is 34.2 Å². The van der Waals surface area contributed by atoms with E-state index < -0.39 is 0 Å². The molecule has 0 atom stereocenters. The van der Waals surface area contributed by atoms with Crippen LogP contribution < -0.4 is 11.5 Å². The van der Waals surface area contributed by atoms with Crippen LogP contribution in [0.5, 0.6) is 0 Å². The summed E-state index contributed by atoms with van der Waals surface area (Å²) in [7, 11) is 6.40. The van der Waals surface area contributed by atoms with Gasteiger partial charge in [0, 0.05) is 18.9 Å². The van der Waals surface area contributed by atoms with Crippen molar-refractivity contribution < 1.29 is 9.28 Å². The summed E-state index contributed by atoms with van der Waals surface area (Å²) in [6.07, 6.45) is 3.57. The highest BCUT2D eigenvalue weighted by Gasteiger charge is 2.01. The molecule has 96 valence electrons.